The molecule has 4 N–H and O–H groups in total. The zero-order valence-corrected chi connectivity index (χ0v) is 12.2. The number of hydrogen-bond acceptors (Lipinski definition) is 5. The summed E-state index contributed by atoms with van der Waals surface area (Å²) in [7, 11) is 0. The Morgan fingerprint density at radius 1 is 1.45 bits per heavy atom. The summed E-state index contributed by atoms with van der Waals surface area (Å²) >= 11 is 0. The third kappa shape index (κ3) is 4.14. The number of nitro benzene ring substituents is 1. The van der Waals surface area contributed by atoms with Crippen molar-refractivity contribution in [2.24, 2.45) is 0 Å². The van der Waals surface area contributed by atoms with Gasteiger partial charge in [-0.25, -0.2) is 4.39 Å². The second kappa shape index (κ2) is 7.34. The summed E-state index contributed by atoms with van der Waals surface area (Å²) in [5.41, 5.74) is 3.97. The second-order valence-electron chi connectivity index (χ2n) is 4.63. The van der Waals surface area contributed by atoms with Gasteiger partial charge >= 0.3 is 0 Å². The second-order valence-corrected chi connectivity index (χ2v) is 4.63. The molecule has 0 saturated carbocycles. The fraction of sp³-hybridized carbons (Fsp3) is 0.385. The lowest BCUT2D eigenvalue weighted by Crippen LogP contribution is -2.45. The Kier molecular flexibility index (Phi) is 5.79. The van der Waals surface area contributed by atoms with Crippen LogP contribution in [0.1, 0.15) is 30.6 Å². The Balaban J connectivity index is 2.94. The molecule has 1 aromatic carbocycles. The van der Waals surface area contributed by atoms with Crippen molar-refractivity contribution >= 4 is 23.2 Å². The Labute approximate surface area is 126 Å². The maximum atomic E-state index is 13.4. The SMILES string of the molecule is CCCNC(=O)[C@H](C)NC(=O)c1cc(F)cc([N+](=O)[O-])c1N. The van der Waals surface area contributed by atoms with Gasteiger partial charge in [-0.2, -0.15) is 0 Å². The normalized spacial score (nSPS) is 11.6. The van der Waals surface area contributed by atoms with E-state index in [2.05, 4.69) is 10.6 Å². The van der Waals surface area contributed by atoms with Crippen LogP contribution < -0.4 is 16.4 Å². The van der Waals surface area contributed by atoms with E-state index >= 15 is 0 Å². The Morgan fingerprint density at radius 2 is 2.09 bits per heavy atom. The molecular formula is C13H17FN4O4. The van der Waals surface area contributed by atoms with Gasteiger partial charge in [-0.1, -0.05) is 6.92 Å². The van der Waals surface area contributed by atoms with Gasteiger partial charge < -0.3 is 16.4 Å². The van der Waals surface area contributed by atoms with Crippen LogP contribution in [0, 0.1) is 15.9 Å². The first-order chi connectivity index (χ1) is 10.3. The number of carbonyl (C=O) groups is 2. The molecule has 0 aliphatic carbocycles. The monoisotopic (exact) mass is 312 g/mol. The summed E-state index contributed by atoms with van der Waals surface area (Å²) in [6.45, 7) is 3.76. The van der Waals surface area contributed by atoms with E-state index in [0.717, 1.165) is 12.5 Å². The van der Waals surface area contributed by atoms with Crippen LogP contribution in [0.25, 0.3) is 0 Å². The fourth-order valence-electron chi connectivity index (χ4n) is 1.68. The zero-order chi connectivity index (χ0) is 16.9. The third-order valence-corrected chi connectivity index (χ3v) is 2.85. The number of hydrogen-bond donors (Lipinski definition) is 3. The summed E-state index contributed by atoms with van der Waals surface area (Å²) < 4.78 is 13.4. The molecule has 0 aromatic heterocycles. The van der Waals surface area contributed by atoms with Gasteiger partial charge in [-0.05, 0) is 19.4 Å². The topological polar surface area (TPSA) is 127 Å². The van der Waals surface area contributed by atoms with Gasteiger partial charge in [0.05, 0.1) is 16.6 Å². The number of nitrogens with one attached hydrogen (secondary N) is 2. The van der Waals surface area contributed by atoms with Crippen molar-refractivity contribution in [1.82, 2.24) is 10.6 Å². The maximum absolute atomic E-state index is 13.4. The lowest BCUT2D eigenvalue weighted by molar-refractivity contribution is -0.384. The van der Waals surface area contributed by atoms with Crippen LogP contribution >= 0.6 is 0 Å². The molecule has 120 valence electrons. The van der Waals surface area contributed by atoms with E-state index in [-0.39, 0.29) is 5.56 Å². The molecule has 0 aliphatic rings. The van der Waals surface area contributed by atoms with Crippen molar-refractivity contribution in [2.75, 3.05) is 12.3 Å². The number of halogens is 1. The Bertz CT molecular complexity index is 606. The lowest BCUT2D eigenvalue weighted by Gasteiger charge is -2.14. The Hall–Kier alpha value is -2.71. The van der Waals surface area contributed by atoms with Crippen LogP contribution in [0.2, 0.25) is 0 Å². The smallest absolute Gasteiger partial charge is 0.295 e. The van der Waals surface area contributed by atoms with Crippen LogP contribution in [-0.4, -0.2) is 29.3 Å². The molecule has 9 heteroatoms. The molecule has 0 saturated heterocycles. The number of benzene rings is 1. The average molecular weight is 312 g/mol. The van der Waals surface area contributed by atoms with E-state index in [1.54, 1.807) is 0 Å². The molecular weight excluding hydrogens is 295 g/mol. The number of nitrogen functional groups attached to an aromatic ring is 1. The molecule has 0 radical (unpaired) electrons. The number of anilines is 1. The number of nitro groups is 1. The van der Waals surface area contributed by atoms with Crippen molar-refractivity contribution in [3.8, 4) is 0 Å². The van der Waals surface area contributed by atoms with E-state index in [0.29, 0.717) is 12.6 Å². The summed E-state index contributed by atoms with van der Waals surface area (Å²) in [5.74, 6) is -2.24. The predicted molar refractivity (Wildman–Crippen MR) is 77.7 cm³/mol. The molecule has 0 fully saturated rings. The van der Waals surface area contributed by atoms with E-state index < -0.39 is 40.0 Å². The van der Waals surface area contributed by atoms with Crippen LogP contribution in [0.4, 0.5) is 15.8 Å². The van der Waals surface area contributed by atoms with Gasteiger partial charge in [0.25, 0.3) is 11.6 Å². The van der Waals surface area contributed by atoms with Crippen molar-refractivity contribution in [3.63, 3.8) is 0 Å². The average Bonchev–Trinajstić information content (AvgIpc) is 2.46. The molecule has 0 aliphatic heterocycles. The van der Waals surface area contributed by atoms with Crippen molar-refractivity contribution in [3.05, 3.63) is 33.6 Å². The first-order valence-electron chi connectivity index (χ1n) is 6.59. The van der Waals surface area contributed by atoms with E-state index in [4.69, 9.17) is 5.73 Å². The fourth-order valence-corrected chi connectivity index (χ4v) is 1.68. The number of rotatable bonds is 6. The first-order valence-corrected chi connectivity index (χ1v) is 6.59. The van der Waals surface area contributed by atoms with Gasteiger partial charge in [-0.3, -0.25) is 19.7 Å². The quantitative estimate of drug-likeness (QED) is 0.409. The van der Waals surface area contributed by atoms with Crippen LogP contribution in [0.5, 0.6) is 0 Å². The molecule has 0 bridgehead atoms. The van der Waals surface area contributed by atoms with E-state index in [1.807, 2.05) is 6.92 Å². The van der Waals surface area contributed by atoms with Gasteiger partial charge in [0.1, 0.15) is 17.5 Å². The highest BCUT2D eigenvalue weighted by Gasteiger charge is 2.24. The van der Waals surface area contributed by atoms with Crippen LogP contribution in [0.3, 0.4) is 0 Å². The molecule has 0 spiro atoms. The summed E-state index contributed by atoms with van der Waals surface area (Å²) in [6.07, 6.45) is 0.732. The molecule has 1 atom stereocenters. The van der Waals surface area contributed by atoms with Gasteiger partial charge in [0.2, 0.25) is 5.91 Å². The molecule has 22 heavy (non-hydrogen) atoms. The molecule has 1 rings (SSSR count). The predicted octanol–water partition coefficient (Wildman–Crippen LogP) is 0.961. The molecule has 0 heterocycles. The molecule has 0 unspecified atom stereocenters. The minimum absolute atomic E-state index is 0.387. The highest BCUT2D eigenvalue weighted by Crippen LogP contribution is 2.26. The highest BCUT2D eigenvalue weighted by atomic mass is 19.1. The molecule has 8 nitrogen and oxygen atoms in total. The number of nitrogens with zero attached hydrogens (tertiary/aromatic N) is 1. The number of nitrogens with two attached hydrogens (primary N) is 1. The standard InChI is InChI=1S/C13H17FN4O4/c1-3-4-16-12(19)7(2)17-13(20)9-5-8(14)6-10(11(9)15)18(21)22/h5-7H,3-4,15H2,1-2H3,(H,16,19)(H,17,20)/t7-/m0/s1. The van der Waals surface area contributed by atoms with Crippen LogP contribution in [0.15, 0.2) is 12.1 Å². The third-order valence-electron chi connectivity index (χ3n) is 2.85. The minimum Gasteiger partial charge on any atom is -0.393 e. The first kappa shape index (κ1) is 17.3. The molecule has 2 amide bonds. The van der Waals surface area contributed by atoms with Gasteiger partial charge in [0.15, 0.2) is 0 Å². The Morgan fingerprint density at radius 3 is 2.64 bits per heavy atom. The van der Waals surface area contributed by atoms with Crippen molar-refractivity contribution in [2.45, 2.75) is 26.3 Å². The van der Waals surface area contributed by atoms with Crippen molar-refractivity contribution < 1.29 is 18.9 Å². The van der Waals surface area contributed by atoms with Crippen LogP contribution in [-0.2, 0) is 4.79 Å². The zero-order valence-electron chi connectivity index (χ0n) is 12.2. The lowest BCUT2D eigenvalue weighted by atomic mass is 10.1. The van der Waals surface area contributed by atoms with E-state index in [9.17, 15) is 24.1 Å². The van der Waals surface area contributed by atoms with Gasteiger partial charge in [0, 0.05) is 6.54 Å². The summed E-state index contributed by atoms with van der Waals surface area (Å²) in [4.78, 5) is 33.6. The number of carbonyl (C=O) groups excluding carboxylic acids is 2. The van der Waals surface area contributed by atoms with Gasteiger partial charge in [-0.15, -0.1) is 0 Å². The molecule has 1 aromatic rings. The van der Waals surface area contributed by atoms with E-state index in [1.165, 1.54) is 6.92 Å². The summed E-state index contributed by atoms with van der Waals surface area (Å²) in [6, 6.07) is 0.526. The number of amides is 2. The largest absolute Gasteiger partial charge is 0.393 e. The minimum atomic E-state index is -0.964. The maximum Gasteiger partial charge on any atom is 0.295 e. The highest BCUT2D eigenvalue weighted by molar-refractivity contribution is 6.02. The van der Waals surface area contributed by atoms with Crippen molar-refractivity contribution in [1.29, 1.82) is 0 Å². The summed E-state index contributed by atoms with van der Waals surface area (Å²) in [5, 5.41) is 15.7.